The fraction of sp³-hybridized carbons (Fsp3) is 0.231. The van der Waals surface area contributed by atoms with Gasteiger partial charge in [-0.05, 0) is 37.1 Å². The Morgan fingerprint density at radius 1 is 0.938 bits per heavy atom. The van der Waals surface area contributed by atoms with Gasteiger partial charge in [0.2, 0.25) is 5.91 Å². The molecule has 3 aromatic carbocycles. The molecular weight excluding hydrogens is 415 g/mol. The lowest BCUT2D eigenvalue weighted by Crippen LogP contribution is -2.29. The van der Waals surface area contributed by atoms with Gasteiger partial charge in [-0.2, -0.15) is 0 Å². The highest BCUT2D eigenvalue weighted by molar-refractivity contribution is 6.00. The van der Waals surface area contributed by atoms with Crippen LogP contribution in [0.4, 0.5) is 18.9 Å². The number of benzene rings is 3. The Labute approximate surface area is 184 Å². The first-order chi connectivity index (χ1) is 15.3. The topological polar surface area (TPSA) is 37.4 Å². The van der Waals surface area contributed by atoms with Gasteiger partial charge in [0, 0.05) is 36.4 Å². The SMILES string of the molecule is Cc1ccc(CC(=O)C[C@@H]2CCN(c3ccc(-c4ccccc4F)c(F)c3F)C2=O)cc1. The zero-order valence-corrected chi connectivity index (χ0v) is 17.6. The predicted molar refractivity (Wildman–Crippen MR) is 117 cm³/mol. The molecule has 0 aromatic heterocycles. The van der Waals surface area contributed by atoms with E-state index in [2.05, 4.69) is 0 Å². The Bertz CT molecular complexity index is 1170. The van der Waals surface area contributed by atoms with Crippen molar-refractivity contribution in [3.8, 4) is 11.1 Å². The maximum atomic E-state index is 14.9. The first-order valence-corrected chi connectivity index (χ1v) is 10.5. The standard InChI is InChI=1S/C26H22F3NO2/c1-16-6-8-17(9-7-16)14-19(31)15-18-12-13-30(26(18)32)23-11-10-21(24(28)25(23)29)20-4-2-3-5-22(20)27/h2-11,18H,12-15H2,1H3/t18-/m0/s1. The molecule has 6 heteroatoms. The summed E-state index contributed by atoms with van der Waals surface area (Å²) < 4.78 is 43.6. The second-order valence-corrected chi connectivity index (χ2v) is 8.12. The Kier molecular flexibility index (Phi) is 6.12. The van der Waals surface area contributed by atoms with Gasteiger partial charge in [0.05, 0.1) is 5.69 Å². The Balaban J connectivity index is 1.49. The van der Waals surface area contributed by atoms with E-state index in [0.717, 1.165) is 11.1 Å². The molecule has 0 radical (unpaired) electrons. The molecular formula is C26H22F3NO2. The van der Waals surface area contributed by atoms with Crippen LogP contribution in [0.2, 0.25) is 0 Å². The number of halogens is 3. The van der Waals surface area contributed by atoms with Crippen molar-refractivity contribution in [3.05, 3.63) is 89.2 Å². The van der Waals surface area contributed by atoms with Crippen LogP contribution in [0.15, 0.2) is 60.7 Å². The zero-order chi connectivity index (χ0) is 22.8. The van der Waals surface area contributed by atoms with Gasteiger partial charge in [0.25, 0.3) is 0 Å². The molecule has 0 spiro atoms. The van der Waals surface area contributed by atoms with Crippen molar-refractivity contribution in [2.75, 3.05) is 11.4 Å². The number of aryl methyl sites for hydroxylation is 1. The van der Waals surface area contributed by atoms with E-state index in [1.807, 2.05) is 31.2 Å². The van der Waals surface area contributed by atoms with Crippen molar-refractivity contribution >= 4 is 17.4 Å². The fourth-order valence-corrected chi connectivity index (χ4v) is 4.08. The Morgan fingerprint density at radius 3 is 2.38 bits per heavy atom. The minimum Gasteiger partial charge on any atom is -0.309 e. The van der Waals surface area contributed by atoms with Gasteiger partial charge < -0.3 is 4.90 Å². The van der Waals surface area contributed by atoms with E-state index < -0.39 is 29.3 Å². The lowest BCUT2D eigenvalue weighted by Gasteiger charge is -2.19. The highest BCUT2D eigenvalue weighted by Gasteiger charge is 2.36. The van der Waals surface area contributed by atoms with E-state index in [4.69, 9.17) is 0 Å². The Hall–Kier alpha value is -3.41. The number of carbonyl (C=O) groups is 2. The third-order valence-electron chi connectivity index (χ3n) is 5.83. The van der Waals surface area contributed by atoms with E-state index in [1.165, 1.54) is 41.3 Å². The second-order valence-electron chi connectivity index (χ2n) is 8.12. The minimum absolute atomic E-state index is 0.0530. The average Bonchev–Trinajstić information content (AvgIpc) is 3.12. The van der Waals surface area contributed by atoms with Crippen LogP contribution in [0.3, 0.4) is 0 Å². The number of nitrogens with zero attached hydrogens (tertiary/aromatic N) is 1. The van der Waals surface area contributed by atoms with Crippen LogP contribution in [-0.2, 0) is 16.0 Å². The molecule has 1 fully saturated rings. The molecule has 0 aliphatic carbocycles. The summed E-state index contributed by atoms with van der Waals surface area (Å²) >= 11 is 0. The van der Waals surface area contributed by atoms with E-state index in [9.17, 15) is 22.8 Å². The molecule has 32 heavy (non-hydrogen) atoms. The molecule has 1 aliphatic rings. The lowest BCUT2D eigenvalue weighted by atomic mass is 9.97. The second kappa shape index (κ2) is 8.99. The number of amides is 1. The molecule has 0 saturated carbocycles. The molecule has 1 heterocycles. The van der Waals surface area contributed by atoms with Crippen molar-refractivity contribution in [1.82, 2.24) is 0 Å². The van der Waals surface area contributed by atoms with Crippen molar-refractivity contribution in [1.29, 1.82) is 0 Å². The van der Waals surface area contributed by atoms with E-state index in [-0.39, 0.29) is 42.0 Å². The van der Waals surface area contributed by atoms with Gasteiger partial charge in [-0.1, -0.05) is 48.0 Å². The maximum absolute atomic E-state index is 14.9. The maximum Gasteiger partial charge on any atom is 0.230 e. The average molecular weight is 437 g/mol. The van der Waals surface area contributed by atoms with Crippen LogP contribution < -0.4 is 4.90 Å². The number of hydrogen-bond acceptors (Lipinski definition) is 2. The first kappa shape index (κ1) is 21.8. The molecule has 1 amide bonds. The molecule has 0 bridgehead atoms. The molecule has 164 valence electrons. The summed E-state index contributed by atoms with van der Waals surface area (Å²) in [7, 11) is 0. The summed E-state index contributed by atoms with van der Waals surface area (Å²) in [6, 6.07) is 15.7. The van der Waals surface area contributed by atoms with Crippen LogP contribution in [-0.4, -0.2) is 18.2 Å². The van der Waals surface area contributed by atoms with Crippen molar-refractivity contribution < 1.29 is 22.8 Å². The van der Waals surface area contributed by atoms with Crippen LogP contribution in [0.5, 0.6) is 0 Å². The largest absolute Gasteiger partial charge is 0.309 e. The van der Waals surface area contributed by atoms with Crippen molar-refractivity contribution in [2.24, 2.45) is 5.92 Å². The third kappa shape index (κ3) is 4.31. The van der Waals surface area contributed by atoms with Gasteiger partial charge in [0.1, 0.15) is 11.6 Å². The van der Waals surface area contributed by atoms with Gasteiger partial charge in [0.15, 0.2) is 11.6 Å². The molecule has 1 aliphatic heterocycles. The molecule has 3 nitrogen and oxygen atoms in total. The Morgan fingerprint density at radius 2 is 1.66 bits per heavy atom. The summed E-state index contributed by atoms with van der Waals surface area (Å²) in [5.41, 5.74) is 1.52. The minimum atomic E-state index is -1.21. The number of carbonyl (C=O) groups excluding carboxylic acids is 2. The smallest absolute Gasteiger partial charge is 0.230 e. The lowest BCUT2D eigenvalue weighted by molar-refractivity contribution is -0.125. The number of anilines is 1. The molecule has 3 aromatic rings. The first-order valence-electron chi connectivity index (χ1n) is 10.5. The van der Waals surface area contributed by atoms with E-state index in [0.29, 0.717) is 6.42 Å². The van der Waals surface area contributed by atoms with Gasteiger partial charge in [-0.3, -0.25) is 9.59 Å². The summed E-state index contributed by atoms with van der Waals surface area (Å²) in [4.78, 5) is 26.5. The molecule has 4 rings (SSSR count). The van der Waals surface area contributed by atoms with Gasteiger partial charge in [-0.25, -0.2) is 13.2 Å². The molecule has 0 unspecified atom stereocenters. The van der Waals surface area contributed by atoms with Gasteiger partial charge >= 0.3 is 0 Å². The number of rotatable bonds is 6. The monoisotopic (exact) mass is 437 g/mol. The summed E-state index contributed by atoms with van der Waals surface area (Å²) in [6.07, 6.45) is 0.666. The highest BCUT2D eigenvalue weighted by Crippen LogP contribution is 2.35. The molecule has 1 atom stereocenters. The van der Waals surface area contributed by atoms with E-state index >= 15 is 0 Å². The number of Topliss-reactive ketones (excluding diaryl/α,β-unsaturated/α-hetero) is 1. The highest BCUT2D eigenvalue weighted by atomic mass is 19.2. The van der Waals surface area contributed by atoms with Crippen molar-refractivity contribution in [2.45, 2.75) is 26.2 Å². The number of ketones is 1. The molecule has 0 N–H and O–H groups in total. The molecule has 1 saturated heterocycles. The van der Waals surface area contributed by atoms with Crippen LogP contribution >= 0.6 is 0 Å². The predicted octanol–water partition coefficient (Wildman–Crippen LogP) is 5.63. The summed E-state index contributed by atoms with van der Waals surface area (Å²) in [5.74, 6) is -4.12. The zero-order valence-electron chi connectivity index (χ0n) is 17.6. The summed E-state index contributed by atoms with van der Waals surface area (Å²) in [6.45, 7) is 2.15. The third-order valence-corrected chi connectivity index (χ3v) is 5.83. The number of hydrogen-bond donors (Lipinski definition) is 0. The summed E-state index contributed by atoms with van der Waals surface area (Å²) in [5, 5.41) is 0. The van der Waals surface area contributed by atoms with Crippen LogP contribution in [0, 0.1) is 30.3 Å². The van der Waals surface area contributed by atoms with E-state index in [1.54, 1.807) is 0 Å². The normalized spacial score (nSPS) is 15.9. The van der Waals surface area contributed by atoms with Gasteiger partial charge in [-0.15, -0.1) is 0 Å². The quantitative estimate of drug-likeness (QED) is 0.501. The van der Waals surface area contributed by atoms with Crippen molar-refractivity contribution in [3.63, 3.8) is 0 Å². The fourth-order valence-electron chi connectivity index (χ4n) is 4.08. The van der Waals surface area contributed by atoms with Crippen LogP contribution in [0.25, 0.3) is 11.1 Å². The van der Waals surface area contributed by atoms with Crippen LogP contribution in [0.1, 0.15) is 24.0 Å².